The molecule has 9 atom stereocenters. The van der Waals surface area contributed by atoms with Gasteiger partial charge < -0.3 is 74.1 Å². The van der Waals surface area contributed by atoms with Crippen molar-refractivity contribution in [1.29, 1.82) is 0 Å². The van der Waals surface area contributed by atoms with Gasteiger partial charge in [0.15, 0.2) is 0 Å². The number of unbranched alkanes of at least 4 members (excludes halogenated alkanes) is 1. The molecule has 0 saturated carbocycles. The summed E-state index contributed by atoms with van der Waals surface area (Å²) in [6.45, 7) is 1.45. The zero-order chi connectivity index (χ0) is 48.1. The van der Waals surface area contributed by atoms with Crippen molar-refractivity contribution in [2.45, 2.75) is 119 Å². The number of carboxylic acids is 2. The van der Waals surface area contributed by atoms with E-state index in [-0.39, 0.29) is 37.4 Å². The number of carboxylic acid groups (broad SMARTS) is 2. The van der Waals surface area contributed by atoms with E-state index >= 15 is 0 Å². The van der Waals surface area contributed by atoms with Gasteiger partial charge in [0.1, 0.15) is 42.5 Å². The van der Waals surface area contributed by atoms with E-state index in [0.717, 1.165) is 28.5 Å². The lowest BCUT2D eigenvalue weighted by Crippen LogP contribution is -2.61. The number of aldehydes is 1. The summed E-state index contributed by atoms with van der Waals surface area (Å²) in [6.07, 6.45) is -2.89. The molecule has 0 radical (unpaired) electrons. The third-order valence-electron chi connectivity index (χ3n) is 9.49. The van der Waals surface area contributed by atoms with Crippen LogP contribution in [0.15, 0.2) is 4.99 Å². The first kappa shape index (κ1) is 54.4. The molecule has 2 rings (SSSR count). The fourth-order valence-corrected chi connectivity index (χ4v) is 8.44. The Morgan fingerprint density at radius 1 is 0.812 bits per heavy atom. The van der Waals surface area contributed by atoms with Crippen LogP contribution in [0.3, 0.4) is 0 Å². The minimum Gasteiger partial charge on any atom is -0.481 e. The summed E-state index contributed by atoms with van der Waals surface area (Å²) in [5, 5.41) is 42.7. The first-order chi connectivity index (χ1) is 30.2. The summed E-state index contributed by atoms with van der Waals surface area (Å²) in [5.41, 5.74) is 16.9. The number of nitrogens with one attached hydrogen (secondary N) is 6. The Labute approximate surface area is 373 Å². The molecule has 15 N–H and O–H groups in total. The number of carbonyl (C=O) groups is 12. The predicted octanol–water partition coefficient (Wildman–Crippen LogP) is -5.87. The molecule has 1 fully saturated rings. The van der Waals surface area contributed by atoms with Crippen LogP contribution in [0.1, 0.15) is 64.7 Å². The van der Waals surface area contributed by atoms with E-state index in [1.165, 1.54) is 4.90 Å². The van der Waals surface area contributed by atoms with Crippen molar-refractivity contribution in [2.75, 3.05) is 24.6 Å². The van der Waals surface area contributed by atoms with Crippen LogP contribution in [0.5, 0.6) is 0 Å². The first-order valence-electron chi connectivity index (χ1n) is 19.9. The highest BCUT2D eigenvalue weighted by Crippen LogP contribution is 2.24. The van der Waals surface area contributed by atoms with E-state index < -0.39 is 145 Å². The average Bonchev–Trinajstić information content (AvgIpc) is 3.72. The second-order valence-electron chi connectivity index (χ2n) is 14.7. The molecule has 356 valence electrons. The number of hydrogen-bond acceptors (Lipinski definition) is 17. The molecule has 0 aromatic rings. The third kappa shape index (κ3) is 18.6. The number of hydrogen-bond donors (Lipinski definition) is 12. The second kappa shape index (κ2) is 27.5. The van der Waals surface area contributed by atoms with Crippen LogP contribution >= 0.6 is 21.6 Å². The molecular weight excluding hydrogens is 891 g/mol. The van der Waals surface area contributed by atoms with Gasteiger partial charge in [-0.25, -0.2) is 4.99 Å². The van der Waals surface area contributed by atoms with Gasteiger partial charge in [-0.05, 0) is 52.0 Å². The maximum Gasteiger partial charge on any atom is 0.305 e. The summed E-state index contributed by atoms with van der Waals surface area (Å²) in [5.74, 6) is -13.1. The lowest BCUT2D eigenvalue weighted by molar-refractivity contribution is -0.141. The van der Waals surface area contributed by atoms with Crippen molar-refractivity contribution in [2.24, 2.45) is 22.2 Å². The van der Waals surface area contributed by atoms with Crippen molar-refractivity contribution < 1.29 is 72.9 Å². The predicted molar refractivity (Wildman–Crippen MR) is 226 cm³/mol. The number of carbonyl (C=O) groups excluding carboxylic acids is 10. The molecule has 0 bridgehead atoms. The van der Waals surface area contributed by atoms with Crippen LogP contribution in [-0.2, 0) is 57.5 Å². The molecule has 2 aliphatic heterocycles. The molecule has 0 aromatic heterocycles. The molecule has 28 heteroatoms. The largest absolute Gasteiger partial charge is 0.481 e. The quantitative estimate of drug-likeness (QED) is 0.0465. The highest BCUT2D eigenvalue weighted by atomic mass is 33.1. The van der Waals surface area contributed by atoms with E-state index in [0.29, 0.717) is 31.8 Å². The second-order valence-corrected chi connectivity index (χ2v) is 17.2. The molecule has 26 nitrogen and oxygen atoms in total. The van der Waals surface area contributed by atoms with Crippen LogP contribution in [0.4, 0.5) is 0 Å². The van der Waals surface area contributed by atoms with Crippen LogP contribution < -0.4 is 49.1 Å². The summed E-state index contributed by atoms with van der Waals surface area (Å²) in [7, 11) is 2.07. The Morgan fingerprint density at radius 3 is 2.06 bits per heavy atom. The average molecular weight is 946 g/mol. The van der Waals surface area contributed by atoms with Gasteiger partial charge in [0, 0.05) is 24.5 Å². The monoisotopic (exact) mass is 945 g/mol. The Hall–Kier alpha value is -5.71. The number of nitrogens with two attached hydrogens (primary N) is 3. The molecule has 0 aromatic carbocycles. The fourth-order valence-electron chi connectivity index (χ4n) is 6.18. The standard InChI is InChI=1S/C36H55N11O15S2/c1-17(49)29-35(61)45-22(11-25(39)50)33(59)43-20(7-8-27(52)53)32(58)44-23(12-28(54)55)31(57)40-13-26(51)42-21(5-2-3-9-37)36(62)47-10-4-6-24(47)34(60)41-18(14-48)15-63-64-16-19(38)30(56)46-29/h13-14,17-24,29,49H,2-12,15-16,37-38H2,1H3,(H2,39,50)(H,41,60)(H,42,51)(H,43,59)(H,44,58)(H,45,61)(H,46,56)(H,52,53)(H,54,55)/t17-,18-,19+,20+,21+,22+,23+,24+,29+/m1/s1. The lowest BCUT2D eigenvalue weighted by Gasteiger charge is -2.29. The van der Waals surface area contributed by atoms with Crippen LogP contribution in [0.25, 0.3) is 0 Å². The van der Waals surface area contributed by atoms with Crippen molar-refractivity contribution in [3.63, 3.8) is 0 Å². The number of aliphatic hydroxyl groups is 1. The highest BCUT2D eigenvalue weighted by molar-refractivity contribution is 8.76. The van der Waals surface area contributed by atoms with Gasteiger partial charge >= 0.3 is 11.9 Å². The topological polar surface area (TPSA) is 431 Å². The van der Waals surface area contributed by atoms with Gasteiger partial charge in [-0.2, -0.15) is 0 Å². The molecular formula is C36H55N11O15S2. The fraction of sp³-hybridized carbons (Fsp3) is 0.639. The summed E-state index contributed by atoms with van der Waals surface area (Å²) < 4.78 is 0. The minimum atomic E-state index is -2.03. The Balaban J connectivity index is 2.58. The first-order valence-corrected chi connectivity index (χ1v) is 22.4. The molecule has 2 aliphatic rings. The highest BCUT2D eigenvalue weighted by Gasteiger charge is 2.39. The summed E-state index contributed by atoms with van der Waals surface area (Å²) >= 11 is 0. The van der Waals surface area contributed by atoms with E-state index in [2.05, 4.69) is 31.6 Å². The minimum absolute atomic E-state index is 0.0155. The van der Waals surface area contributed by atoms with Gasteiger partial charge in [0.25, 0.3) is 11.8 Å². The number of aliphatic carboxylic acids is 2. The maximum absolute atomic E-state index is 13.8. The van der Waals surface area contributed by atoms with E-state index in [1.807, 2.05) is 5.32 Å². The normalized spacial score (nSPS) is 27.2. The summed E-state index contributed by atoms with van der Waals surface area (Å²) in [4.78, 5) is 159. The number of rotatable bonds is 13. The Bertz CT molecular complexity index is 1790. The SMILES string of the molecule is C[C@@H](O)[C@@H]1NC(=O)[C@@H](N)CSSC[C@@H](C=O)NC(=O)[C@@H]2CCCN2C(=O)[C@H](CCCCN)NC(=O)C=NC(=O)[C@H](CC(=O)O)NC(=O)[C@H](CCC(=O)O)NC(=O)[C@H](CC(N)=O)NC1=O. The number of primary amides is 1. The molecule has 64 heavy (non-hydrogen) atoms. The van der Waals surface area contributed by atoms with Gasteiger partial charge in [-0.3, -0.25) is 52.7 Å². The number of amides is 9. The number of fused-ring (bicyclic) bond motifs is 1. The number of aliphatic imine (C=N–C) groups is 1. The summed E-state index contributed by atoms with van der Waals surface area (Å²) in [6, 6.07) is -12.3. The smallest absolute Gasteiger partial charge is 0.305 e. The maximum atomic E-state index is 13.8. The van der Waals surface area contributed by atoms with Crippen molar-refractivity contribution in [1.82, 2.24) is 36.8 Å². The third-order valence-corrected chi connectivity index (χ3v) is 12.0. The van der Waals surface area contributed by atoms with Gasteiger partial charge in [-0.15, -0.1) is 0 Å². The van der Waals surface area contributed by atoms with Crippen LogP contribution in [-0.4, -0.2) is 177 Å². The molecule has 0 aliphatic carbocycles. The lowest BCUT2D eigenvalue weighted by atomic mass is 10.1. The molecule has 0 spiro atoms. The molecule has 9 amide bonds. The van der Waals surface area contributed by atoms with E-state index in [1.54, 1.807) is 0 Å². The van der Waals surface area contributed by atoms with Gasteiger partial charge in [-0.1, -0.05) is 21.6 Å². The van der Waals surface area contributed by atoms with E-state index in [9.17, 15) is 72.9 Å². The Kier molecular flexibility index (Phi) is 23.4. The zero-order valence-electron chi connectivity index (χ0n) is 34.7. The van der Waals surface area contributed by atoms with E-state index in [4.69, 9.17) is 17.2 Å². The van der Waals surface area contributed by atoms with Crippen molar-refractivity contribution in [3.8, 4) is 0 Å². The number of aliphatic hydroxyl groups excluding tert-OH is 1. The van der Waals surface area contributed by atoms with Crippen LogP contribution in [0, 0.1) is 0 Å². The molecule has 2 heterocycles. The van der Waals surface area contributed by atoms with Crippen molar-refractivity contribution >= 4 is 99.2 Å². The van der Waals surface area contributed by atoms with Crippen LogP contribution in [0.2, 0.25) is 0 Å². The number of nitrogens with zero attached hydrogens (tertiary/aromatic N) is 2. The van der Waals surface area contributed by atoms with Crippen molar-refractivity contribution in [3.05, 3.63) is 0 Å². The van der Waals surface area contributed by atoms with Gasteiger partial charge in [0.05, 0.1) is 37.2 Å². The van der Waals surface area contributed by atoms with Gasteiger partial charge in [0.2, 0.25) is 41.4 Å². The molecule has 1 saturated heterocycles. The molecule has 0 unspecified atom stereocenters. The Morgan fingerprint density at radius 2 is 1.45 bits per heavy atom. The zero-order valence-corrected chi connectivity index (χ0v) is 36.4.